The third kappa shape index (κ3) is 4.97. The maximum Gasteiger partial charge on any atom is 0.257 e. The highest BCUT2D eigenvalue weighted by Gasteiger charge is 2.16. The number of thioether (sulfide) groups is 1. The summed E-state index contributed by atoms with van der Waals surface area (Å²) in [5.74, 6) is -0.641. The van der Waals surface area contributed by atoms with Crippen LogP contribution < -0.4 is 5.32 Å². The van der Waals surface area contributed by atoms with Gasteiger partial charge in [-0.25, -0.2) is 0 Å². The Bertz CT molecular complexity index is 469. The van der Waals surface area contributed by atoms with E-state index in [-0.39, 0.29) is 18.2 Å². The van der Waals surface area contributed by atoms with E-state index < -0.39 is 0 Å². The van der Waals surface area contributed by atoms with Crippen molar-refractivity contribution in [3.63, 3.8) is 0 Å². The number of amides is 2. The minimum Gasteiger partial charge on any atom is -0.305 e. The monoisotopic (exact) mass is 262 g/mol. The van der Waals surface area contributed by atoms with Gasteiger partial charge in [0.1, 0.15) is 6.42 Å². The van der Waals surface area contributed by atoms with Gasteiger partial charge < -0.3 is 5.32 Å². The fraction of sp³-hybridized carbons (Fsp3) is 0.154. The first kappa shape index (κ1) is 14.2. The average Bonchev–Trinajstić information content (AvgIpc) is 2.39. The van der Waals surface area contributed by atoms with Crippen LogP contribution in [-0.2, 0) is 9.59 Å². The Morgan fingerprint density at radius 2 is 2.00 bits per heavy atom. The highest BCUT2D eigenvalue weighted by molar-refractivity contribution is 8.13. The number of hydrogen-bond donors (Lipinski definition) is 1. The van der Waals surface area contributed by atoms with Gasteiger partial charge in [-0.2, -0.15) is 4.99 Å². The van der Waals surface area contributed by atoms with E-state index in [0.29, 0.717) is 5.17 Å². The maximum absolute atomic E-state index is 10.6. The summed E-state index contributed by atoms with van der Waals surface area (Å²) in [6.45, 7) is 3.63. The van der Waals surface area contributed by atoms with Crippen LogP contribution in [0.4, 0.5) is 0 Å². The second-order valence-electron chi connectivity index (χ2n) is 3.35. The molecule has 0 unspecified atom stereocenters. The van der Waals surface area contributed by atoms with Crippen LogP contribution in [0.1, 0.15) is 12.0 Å². The van der Waals surface area contributed by atoms with Gasteiger partial charge in [-0.1, -0.05) is 54.7 Å². The highest BCUT2D eigenvalue weighted by atomic mass is 32.2. The summed E-state index contributed by atoms with van der Waals surface area (Å²) in [6.07, 6.45) is 3.46. The van der Waals surface area contributed by atoms with E-state index in [1.807, 2.05) is 36.4 Å². The van der Waals surface area contributed by atoms with Crippen molar-refractivity contribution >= 4 is 34.8 Å². The Labute approximate surface area is 110 Å². The Hall–Kier alpha value is -1.88. The third-order valence-corrected chi connectivity index (χ3v) is 2.59. The second-order valence-corrected chi connectivity index (χ2v) is 4.15. The van der Waals surface area contributed by atoms with Crippen molar-refractivity contribution in [2.24, 2.45) is 4.99 Å². The normalized spacial score (nSPS) is 13.9. The summed E-state index contributed by atoms with van der Waals surface area (Å²) < 4.78 is 0. The van der Waals surface area contributed by atoms with Crippen molar-refractivity contribution in [1.82, 2.24) is 5.32 Å². The topological polar surface area (TPSA) is 58.5 Å². The molecule has 4 nitrogen and oxygen atoms in total. The van der Waals surface area contributed by atoms with Crippen LogP contribution in [0.5, 0.6) is 0 Å². The maximum atomic E-state index is 10.6. The zero-order valence-corrected chi connectivity index (χ0v) is 10.9. The number of nitrogens with zero attached hydrogens (tertiary/aromatic N) is 1. The second kappa shape index (κ2) is 7.45. The van der Waals surface area contributed by atoms with Gasteiger partial charge in [-0.15, -0.1) is 0 Å². The van der Waals surface area contributed by atoms with Gasteiger partial charge in [0, 0.05) is 0 Å². The fourth-order valence-electron chi connectivity index (χ4n) is 1.17. The van der Waals surface area contributed by atoms with Crippen molar-refractivity contribution in [1.29, 1.82) is 0 Å². The molecule has 94 valence electrons. The average molecular weight is 262 g/mol. The molecule has 1 N–H and O–H groups in total. The lowest BCUT2D eigenvalue weighted by Gasteiger charge is -2.08. The first-order valence-electron chi connectivity index (χ1n) is 5.28. The number of carbonyl (C=O) groups is 2. The number of hydrogen-bond acceptors (Lipinski definition) is 3. The number of benzene rings is 1. The zero-order chi connectivity index (χ0) is 13.4. The van der Waals surface area contributed by atoms with E-state index in [2.05, 4.69) is 16.9 Å². The van der Waals surface area contributed by atoms with Crippen molar-refractivity contribution < 1.29 is 9.59 Å². The van der Waals surface area contributed by atoms with E-state index >= 15 is 0 Å². The summed E-state index contributed by atoms with van der Waals surface area (Å²) in [6, 6.07) is 10.0. The molecule has 2 amide bonds. The van der Waals surface area contributed by atoms with E-state index in [4.69, 9.17) is 0 Å². The van der Waals surface area contributed by atoms with Crippen LogP contribution in [0.2, 0.25) is 0 Å². The SMILES string of the molecule is C=Cc1ccccc1.CSC1=NC(=O)CC(=O)N1. The van der Waals surface area contributed by atoms with E-state index in [9.17, 15) is 9.59 Å². The van der Waals surface area contributed by atoms with Gasteiger partial charge in [0.2, 0.25) is 5.91 Å². The first-order valence-corrected chi connectivity index (χ1v) is 6.51. The minimum absolute atomic E-state index is 0.121. The molecule has 2 rings (SSSR count). The zero-order valence-electron chi connectivity index (χ0n) is 10.1. The van der Waals surface area contributed by atoms with Gasteiger partial charge in [0.05, 0.1) is 0 Å². The molecule has 1 aliphatic rings. The van der Waals surface area contributed by atoms with Crippen molar-refractivity contribution in [2.75, 3.05) is 6.26 Å². The largest absolute Gasteiger partial charge is 0.305 e. The van der Waals surface area contributed by atoms with Gasteiger partial charge in [0.15, 0.2) is 5.17 Å². The summed E-state index contributed by atoms with van der Waals surface area (Å²) in [5, 5.41) is 2.84. The molecule has 1 aromatic rings. The van der Waals surface area contributed by atoms with Gasteiger partial charge >= 0.3 is 0 Å². The molecule has 0 saturated carbocycles. The molecule has 5 heteroatoms. The van der Waals surface area contributed by atoms with Crippen LogP contribution in [-0.4, -0.2) is 23.2 Å². The Balaban J connectivity index is 0.000000184. The third-order valence-electron chi connectivity index (χ3n) is 2.01. The molecule has 1 heterocycles. The van der Waals surface area contributed by atoms with Crippen LogP contribution in [0.15, 0.2) is 41.9 Å². The molecule has 1 aromatic carbocycles. The van der Waals surface area contributed by atoms with E-state index in [1.165, 1.54) is 17.3 Å². The lowest BCUT2D eigenvalue weighted by atomic mass is 10.2. The van der Waals surface area contributed by atoms with Crippen molar-refractivity contribution in [2.45, 2.75) is 6.42 Å². The highest BCUT2D eigenvalue weighted by Crippen LogP contribution is 2.02. The van der Waals surface area contributed by atoms with Crippen LogP contribution >= 0.6 is 11.8 Å². The lowest BCUT2D eigenvalue weighted by Crippen LogP contribution is -2.34. The molecule has 0 fully saturated rings. The summed E-state index contributed by atoms with van der Waals surface area (Å²) in [7, 11) is 0. The number of amidine groups is 1. The van der Waals surface area contributed by atoms with Crippen LogP contribution in [0.3, 0.4) is 0 Å². The molecule has 0 aliphatic carbocycles. The Kier molecular flexibility index (Phi) is 5.87. The predicted molar refractivity (Wildman–Crippen MR) is 75.2 cm³/mol. The smallest absolute Gasteiger partial charge is 0.257 e. The summed E-state index contributed by atoms with van der Waals surface area (Å²) in [4.78, 5) is 24.8. The molecular weight excluding hydrogens is 248 g/mol. The quantitative estimate of drug-likeness (QED) is 0.788. The van der Waals surface area contributed by atoms with Crippen LogP contribution in [0.25, 0.3) is 6.08 Å². The number of rotatable bonds is 1. The van der Waals surface area contributed by atoms with E-state index in [0.717, 1.165) is 0 Å². The standard InChI is InChI=1S/C8H8.C5H6N2O2S/c1-2-8-6-4-3-5-7-8;1-10-5-6-3(8)2-4(9)7-5/h2-7H,1H2;2H2,1H3,(H,6,7,8,9). The lowest BCUT2D eigenvalue weighted by molar-refractivity contribution is -0.127. The van der Waals surface area contributed by atoms with Crippen molar-refractivity contribution in [3.05, 3.63) is 42.5 Å². The molecule has 0 spiro atoms. The summed E-state index contributed by atoms with van der Waals surface area (Å²) >= 11 is 1.25. The number of carbonyl (C=O) groups excluding carboxylic acids is 2. The van der Waals surface area contributed by atoms with Gasteiger partial charge in [-0.3, -0.25) is 9.59 Å². The molecule has 0 radical (unpaired) electrons. The molecule has 0 atom stereocenters. The van der Waals surface area contributed by atoms with Crippen LogP contribution in [0, 0.1) is 0 Å². The minimum atomic E-state index is -0.367. The first-order chi connectivity index (χ1) is 8.65. The molecule has 0 saturated heterocycles. The van der Waals surface area contributed by atoms with E-state index in [1.54, 1.807) is 6.26 Å². The van der Waals surface area contributed by atoms with Gasteiger partial charge in [0.25, 0.3) is 5.91 Å². The molecule has 18 heavy (non-hydrogen) atoms. The molecular formula is C13H14N2O2S. The van der Waals surface area contributed by atoms with Crippen molar-refractivity contribution in [3.8, 4) is 0 Å². The molecule has 0 aromatic heterocycles. The summed E-state index contributed by atoms with van der Waals surface area (Å²) in [5.41, 5.74) is 1.17. The molecule has 0 bridgehead atoms. The Morgan fingerprint density at radius 3 is 2.44 bits per heavy atom. The molecule has 1 aliphatic heterocycles. The fourth-order valence-corrected chi connectivity index (χ4v) is 1.58. The van der Waals surface area contributed by atoms with Gasteiger partial charge in [-0.05, 0) is 11.8 Å². The number of aliphatic imine (C=N–C) groups is 1. The number of nitrogens with one attached hydrogen (secondary N) is 1. The predicted octanol–water partition coefficient (Wildman–Crippen LogP) is 2.08. The Morgan fingerprint density at radius 1 is 1.33 bits per heavy atom.